The van der Waals surface area contributed by atoms with Gasteiger partial charge >= 0.3 is 0 Å². The van der Waals surface area contributed by atoms with E-state index >= 15 is 0 Å². The van der Waals surface area contributed by atoms with Crippen LogP contribution in [-0.4, -0.2) is 36.7 Å². The summed E-state index contributed by atoms with van der Waals surface area (Å²) in [5.41, 5.74) is 2.37. The first-order valence-electron chi connectivity index (χ1n) is 8.29. The fourth-order valence-corrected chi connectivity index (χ4v) is 2.39. The highest BCUT2D eigenvalue weighted by Crippen LogP contribution is 2.15. The predicted molar refractivity (Wildman–Crippen MR) is 100 cm³/mol. The average Bonchev–Trinajstić information content (AvgIpc) is 2.61. The minimum absolute atomic E-state index is 0.261. The maximum Gasteiger partial charge on any atom is 0.249 e. The maximum absolute atomic E-state index is 12.4. The molecule has 0 saturated heterocycles. The summed E-state index contributed by atoms with van der Waals surface area (Å²) >= 11 is 0. The van der Waals surface area contributed by atoms with Crippen LogP contribution >= 0.6 is 0 Å². The Kier molecular flexibility index (Phi) is 6.49. The zero-order valence-electron chi connectivity index (χ0n) is 15.2. The van der Waals surface area contributed by atoms with Crippen molar-refractivity contribution in [1.82, 2.24) is 10.2 Å². The van der Waals surface area contributed by atoms with Crippen LogP contribution in [-0.2, 0) is 14.4 Å². The van der Waals surface area contributed by atoms with E-state index in [1.54, 1.807) is 50.5 Å². The normalized spacial score (nSPS) is 11.3. The van der Waals surface area contributed by atoms with Crippen molar-refractivity contribution in [3.8, 4) is 0 Å². The van der Waals surface area contributed by atoms with Crippen molar-refractivity contribution in [3.63, 3.8) is 0 Å². The van der Waals surface area contributed by atoms with Crippen molar-refractivity contribution >= 4 is 23.4 Å². The van der Waals surface area contributed by atoms with Crippen molar-refractivity contribution < 1.29 is 14.4 Å². The Morgan fingerprint density at radius 3 is 2.12 bits per heavy atom. The second-order valence-corrected chi connectivity index (χ2v) is 6.23. The molecule has 0 aromatic heterocycles. The van der Waals surface area contributed by atoms with E-state index in [1.807, 2.05) is 25.1 Å². The fraction of sp³-hybridized carbons (Fsp3) is 0.250. The molecule has 2 N–H and O–H groups in total. The molecule has 0 aliphatic rings. The lowest BCUT2D eigenvalue weighted by Crippen LogP contribution is -2.40. The first kappa shape index (κ1) is 19.2. The van der Waals surface area contributed by atoms with Gasteiger partial charge in [0.2, 0.25) is 17.7 Å². The van der Waals surface area contributed by atoms with Crippen LogP contribution in [0.4, 0.5) is 5.69 Å². The molecule has 0 bridgehead atoms. The third-order valence-electron chi connectivity index (χ3n) is 3.78. The molecule has 0 radical (unpaired) electrons. The average molecular weight is 353 g/mol. The van der Waals surface area contributed by atoms with Gasteiger partial charge < -0.3 is 15.5 Å². The quantitative estimate of drug-likeness (QED) is 0.782. The summed E-state index contributed by atoms with van der Waals surface area (Å²) in [7, 11) is 3.24. The number of carbonyl (C=O) groups excluding carboxylic acids is 3. The number of nitrogens with zero attached hydrogens (tertiary/aromatic N) is 1. The van der Waals surface area contributed by atoms with Gasteiger partial charge in [0.25, 0.3) is 0 Å². The van der Waals surface area contributed by atoms with E-state index in [0.717, 1.165) is 5.56 Å². The molecule has 136 valence electrons. The van der Waals surface area contributed by atoms with Gasteiger partial charge in [-0.1, -0.05) is 48.0 Å². The number of benzene rings is 2. The Morgan fingerprint density at radius 2 is 1.54 bits per heavy atom. The second-order valence-electron chi connectivity index (χ2n) is 6.23. The fourth-order valence-electron chi connectivity index (χ4n) is 2.39. The van der Waals surface area contributed by atoms with Crippen LogP contribution in [0.2, 0.25) is 0 Å². The smallest absolute Gasteiger partial charge is 0.249 e. The molecule has 0 saturated carbocycles. The van der Waals surface area contributed by atoms with Gasteiger partial charge in [0.05, 0.1) is 0 Å². The van der Waals surface area contributed by atoms with Crippen LogP contribution in [0.5, 0.6) is 0 Å². The highest BCUT2D eigenvalue weighted by Gasteiger charge is 2.24. The molecule has 0 fully saturated rings. The first-order chi connectivity index (χ1) is 12.4. The molecule has 3 amide bonds. The number of rotatable bonds is 6. The highest BCUT2D eigenvalue weighted by molar-refractivity contribution is 6.04. The van der Waals surface area contributed by atoms with Gasteiger partial charge in [0.1, 0.15) is 12.5 Å². The SMILES string of the molecule is Cc1ccc(NC(=O)CC(=O)NC(C(=O)N(C)C)c2ccccc2)cc1. The Bertz CT molecular complexity index is 771. The topological polar surface area (TPSA) is 78.5 Å². The van der Waals surface area contributed by atoms with Gasteiger partial charge in [-0.15, -0.1) is 0 Å². The summed E-state index contributed by atoms with van der Waals surface area (Å²) in [5.74, 6) is -1.21. The van der Waals surface area contributed by atoms with Crippen LogP contribution in [0.3, 0.4) is 0 Å². The van der Waals surface area contributed by atoms with E-state index in [1.165, 1.54) is 4.90 Å². The number of likely N-dealkylation sites (N-methyl/N-ethyl adjacent to an activating group) is 1. The summed E-state index contributed by atoms with van der Waals surface area (Å²) in [6.45, 7) is 1.95. The highest BCUT2D eigenvalue weighted by atomic mass is 16.2. The van der Waals surface area contributed by atoms with Crippen LogP contribution in [0.25, 0.3) is 0 Å². The van der Waals surface area contributed by atoms with Gasteiger partial charge in [0.15, 0.2) is 0 Å². The predicted octanol–water partition coefficient (Wildman–Crippen LogP) is 2.27. The summed E-state index contributed by atoms with van der Waals surface area (Å²) in [6, 6.07) is 15.4. The lowest BCUT2D eigenvalue weighted by Gasteiger charge is -2.22. The maximum atomic E-state index is 12.4. The number of nitrogens with one attached hydrogen (secondary N) is 2. The molecule has 2 aromatic rings. The molecule has 0 aliphatic carbocycles. The van der Waals surface area contributed by atoms with Crippen LogP contribution in [0.15, 0.2) is 54.6 Å². The van der Waals surface area contributed by atoms with E-state index in [-0.39, 0.29) is 12.3 Å². The largest absolute Gasteiger partial charge is 0.347 e. The van der Waals surface area contributed by atoms with Gasteiger partial charge in [-0.05, 0) is 24.6 Å². The minimum atomic E-state index is -0.828. The van der Waals surface area contributed by atoms with Crippen LogP contribution < -0.4 is 10.6 Å². The van der Waals surface area contributed by atoms with Crippen molar-refractivity contribution in [3.05, 3.63) is 65.7 Å². The summed E-state index contributed by atoms with van der Waals surface area (Å²) in [6.07, 6.45) is -0.363. The molecule has 6 nitrogen and oxygen atoms in total. The Morgan fingerprint density at radius 1 is 0.923 bits per heavy atom. The third kappa shape index (κ3) is 5.44. The molecule has 1 unspecified atom stereocenters. The molecule has 2 aromatic carbocycles. The van der Waals surface area contributed by atoms with Crippen LogP contribution in [0, 0.1) is 6.92 Å². The zero-order valence-corrected chi connectivity index (χ0v) is 15.2. The van der Waals surface area contributed by atoms with E-state index in [2.05, 4.69) is 10.6 Å². The standard InChI is InChI=1S/C20H23N3O3/c1-14-9-11-16(12-10-14)21-17(24)13-18(25)22-19(20(26)23(2)3)15-7-5-4-6-8-15/h4-12,19H,13H2,1-3H3,(H,21,24)(H,22,25). The van der Waals surface area contributed by atoms with Crippen molar-refractivity contribution in [2.45, 2.75) is 19.4 Å². The number of anilines is 1. The molecule has 26 heavy (non-hydrogen) atoms. The summed E-state index contributed by atoms with van der Waals surface area (Å²) in [4.78, 5) is 38.1. The van der Waals surface area contributed by atoms with E-state index in [9.17, 15) is 14.4 Å². The van der Waals surface area contributed by atoms with Crippen molar-refractivity contribution in [2.24, 2.45) is 0 Å². The molecule has 6 heteroatoms. The molecule has 0 heterocycles. The number of aryl methyl sites for hydroxylation is 1. The van der Waals surface area contributed by atoms with Crippen molar-refractivity contribution in [2.75, 3.05) is 19.4 Å². The first-order valence-corrected chi connectivity index (χ1v) is 8.29. The second kappa shape index (κ2) is 8.80. The van der Waals surface area contributed by atoms with Crippen LogP contribution in [0.1, 0.15) is 23.6 Å². The molecule has 0 aliphatic heterocycles. The molecule has 0 spiro atoms. The third-order valence-corrected chi connectivity index (χ3v) is 3.78. The van der Waals surface area contributed by atoms with E-state index < -0.39 is 17.9 Å². The van der Waals surface area contributed by atoms with E-state index in [0.29, 0.717) is 11.3 Å². The van der Waals surface area contributed by atoms with Crippen molar-refractivity contribution in [1.29, 1.82) is 0 Å². The number of hydrogen-bond acceptors (Lipinski definition) is 3. The Hall–Kier alpha value is -3.15. The number of carbonyl (C=O) groups is 3. The summed E-state index contributed by atoms with van der Waals surface area (Å²) in [5, 5.41) is 5.32. The number of amides is 3. The molecule has 2 rings (SSSR count). The molecular weight excluding hydrogens is 330 g/mol. The lowest BCUT2D eigenvalue weighted by molar-refractivity contribution is -0.135. The van der Waals surface area contributed by atoms with Gasteiger partial charge in [-0.25, -0.2) is 0 Å². The summed E-state index contributed by atoms with van der Waals surface area (Å²) < 4.78 is 0. The van der Waals surface area contributed by atoms with Gasteiger partial charge in [0, 0.05) is 19.8 Å². The Labute approximate surface area is 153 Å². The molecule has 1 atom stereocenters. The minimum Gasteiger partial charge on any atom is -0.347 e. The lowest BCUT2D eigenvalue weighted by atomic mass is 10.1. The monoisotopic (exact) mass is 353 g/mol. The zero-order chi connectivity index (χ0) is 19.1. The van der Waals surface area contributed by atoms with Gasteiger partial charge in [-0.3, -0.25) is 14.4 Å². The van der Waals surface area contributed by atoms with Gasteiger partial charge in [-0.2, -0.15) is 0 Å². The Balaban J connectivity index is 2.01. The van der Waals surface area contributed by atoms with E-state index in [4.69, 9.17) is 0 Å². The molecular formula is C20H23N3O3. The number of hydrogen-bond donors (Lipinski definition) is 2.